The zero-order valence-corrected chi connectivity index (χ0v) is 12.7. The molecule has 0 aliphatic heterocycles. The van der Waals surface area contributed by atoms with E-state index in [1.54, 1.807) is 18.3 Å². The number of pyridine rings is 1. The van der Waals surface area contributed by atoms with E-state index in [-0.39, 0.29) is 5.91 Å². The first-order chi connectivity index (χ1) is 9.74. The Hall–Kier alpha value is -1.88. The van der Waals surface area contributed by atoms with Crippen molar-refractivity contribution in [2.24, 2.45) is 0 Å². The van der Waals surface area contributed by atoms with E-state index >= 15 is 0 Å². The highest BCUT2D eigenvalue weighted by Gasteiger charge is 2.12. The third-order valence-corrected chi connectivity index (χ3v) is 3.20. The first kappa shape index (κ1) is 14.5. The summed E-state index contributed by atoms with van der Waals surface area (Å²) in [6.45, 7) is 0. The summed E-state index contributed by atoms with van der Waals surface area (Å²) in [5, 5.41) is 3.75. The van der Waals surface area contributed by atoms with E-state index in [1.807, 2.05) is 24.3 Å². The van der Waals surface area contributed by atoms with Gasteiger partial charge in [-0.25, -0.2) is 4.98 Å². The fourth-order valence-electron chi connectivity index (χ4n) is 1.79. The molecule has 0 aliphatic rings. The molecule has 2 rings (SSSR count). The molecule has 0 fully saturated rings. The number of aromatic nitrogens is 1. The maximum absolute atomic E-state index is 12.2. The van der Waals surface area contributed by atoms with Gasteiger partial charge in [-0.1, -0.05) is 28.1 Å². The van der Waals surface area contributed by atoms with Crippen molar-refractivity contribution in [1.29, 1.82) is 0 Å². The van der Waals surface area contributed by atoms with E-state index in [9.17, 15) is 4.79 Å². The summed E-state index contributed by atoms with van der Waals surface area (Å²) < 4.78 is 5.08. The van der Waals surface area contributed by atoms with Crippen molar-refractivity contribution in [2.45, 2.75) is 6.42 Å². The molecule has 5 heteroatoms. The van der Waals surface area contributed by atoms with Crippen LogP contribution in [-0.4, -0.2) is 23.3 Å². The van der Waals surface area contributed by atoms with E-state index in [1.165, 1.54) is 12.7 Å². The fraction of sp³-hybridized carbons (Fsp3) is 0.200. The standard InChI is InChI=1S/C15H15BrN2O2/c1-20-15-13(3-2-10-17-15)14(19)18-12-6-4-11(5-7-12)8-9-16/h2-7,10H,8-9H2,1H3,(H,18,19). The summed E-state index contributed by atoms with van der Waals surface area (Å²) in [5.41, 5.74) is 2.39. The van der Waals surface area contributed by atoms with Crippen LogP contribution >= 0.6 is 15.9 Å². The second kappa shape index (κ2) is 7.05. The Kier molecular flexibility index (Phi) is 5.12. The average Bonchev–Trinajstić information content (AvgIpc) is 2.49. The Morgan fingerprint density at radius 3 is 2.70 bits per heavy atom. The summed E-state index contributed by atoms with van der Waals surface area (Å²) in [6.07, 6.45) is 2.55. The first-order valence-electron chi connectivity index (χ1n) is 6.20. The van der Waals surface area contributed by atoms with Crippen molar-refractivity contribution in [2.75, 3.05) is 17.8 Å². The molecule has 1 heterocycles. The zero-order valence-electron chi connectivity index (χ0n) is 11.1. The lowest BCUT2D eigenvalue weighted by Gasteiger charge is -2.08. The molecule has 20 heavy (non-hydrogen) atoms. The molecule has 0 aliphatic carbocycles. The largest absolute Gasteiger partial charge is 0.480 e. The maximum atomic E-state index is 12.2. The molecule has 0 bridgehead atoms. The van der Waals surface area contributed by atoms with Crippen LogP contribution in [0, 0.1) is 0 Å². The van der Waals surface area contributed by atoms with Crippen LogP contribution in [0.3, 0.4) is 0 Å². The van der Waals surface area contributed by atoms with Gasteiger partial charge < -0.3 is 10.1 Å². The highest BCUT2D eigenvalue weighted by Crippen LogP contribution is 2.17. The molecule has 0 atom stereocenters. The van der Waals surface area contributed by atoms with Gasteiger partial charge in [0.05, 0.1) is 7.11 Å². The molecule has 0 saturated heterocycles. The van der Waals surface area contributed by atoms with Crippen molar-refractivity contribution < 1.29 is 9.53 Å². The second-order valence-corrected chi connectivity index (χ2v) is 4.94. The third kappa shape index (κ3) is 3.57. The van der Waals surface area contributed by atoms with Crippen molar-refractivity contribution >= 4 is 27.5 Å². The molecule has 1 amide bonds. The van der Waals surface area contributed by atoms with Crippen LogP contribution in [-0.2, 0) is 6.42 Å². The van der Waals surface area contributed by atoms with Crippen LogP contribution in [0.2, 0.25) is 0 Å². The number of carbonyl (C=O) groups is 1. The highest BCUT2D eigenvalue weighted by atomic mass is 79.9. The van der Waals surface area contributed by atoms with Gasteiger partial charge in [0.1, 0.15) is 5.56 Å². The SMILES string of the molecule is COc1ncccc1C(=O)Nc1ccc(CCBr)cc1. The number of alkyl halides is 1. The van der Waals surface area contributed by atoms with Gasteiger partial charge in [0.15, 0.2) is 0 Å². The lowest BCUT2D eigenvalue weighted by Crippen LogP contribution is -2.13. The number of nitrogens with one attached hydrogen (secondary N) is 1. The van der Waals surface area contributed by atoms with Crippen molar-refractivity contribution in [3.05, 3.63) is 53.7 Å². The van der Waals surface area contributed by atoms with Gasteiger partial charge in [-0.05, 0) is 36.2 Å². The monoisotopic (exact) mass is 334 g/mol. The molecule has 104 valence electrons. The molecule has 1 aromatic heterocycles. The lowest BCUT2D eigenvalue weighted by atomic mass is 10.1. The number of ether oxygens (including phenoxy) is 1. The summed E-state index contributed by atoms with van der Waals surface area (Å²) >= 11 is 3.40. The van der Waals surface area contributed by atoms with E-state index in [0.717, 1.165) is 17.4 Å². The van der Waals surface area contributed by atoms with Crippen LogP contribution in [0.5, 0.6) is 5.88 Å². The number of aryl methyl sites for hydroxylation is 1. The van der Waals surface area contributed by atoms with Crippen molar-refractivity contribution in [1.82, 2.24) is 4.98 Å². The Morgan fingerprint density at radius 2 is 2.05 bits per heavy atom. The zero-order chi connectivity index (χ0) is 14.4. The second-order valence-electron chi connectivity index (χ2n) is 4.15. The molecular weight excluding hydrogens is 320 g/mol. The van der Waals surface area contributed by atoms with Gasteiger partial charge in [-0.2, -0.15) is 0 Å². The minimum atomic E-state index is -0.233. The molecule has 4 nitrogen and oxygen atoms in total. The quantitative estimate of drug-likeness (QED) is 0.853. The predicted octanol–water partition coefficient (Wildman–Crippen LogP) is 3.28. The number of methoxy groups -OCH3 is 1. The van der Waals surface area contributed by atoms with Crippen LogP contribution < -0.4 is 10.1 Å². The van der Waals surface area contributed by atoms with Gasteiger partial charge in [0.25, 0.3) is 5.91 Å². The maximum Gasteiger partial charge on any atom is 0.261 e. The van der Waals surface area contributed by atoms with E-state index in [4.69, 9.17) is 4.74 Å². The minimum Gasteiger partial charge on any atom is -0.480 e. The topological polar surface area (TPSA) is 51.2 Å². The van der Waals surface area contributed by atoms with E-state index in [2.05, 4.69) is 26.2 Å². The number of halogens is 1. The van der Waals surface area contributed by atoms with Crippen molar-refractivity contribution in [3.63, 3.8) is 0 Å². The number of hydrogen-bond donors (Lipinski definition) is 1. The predicted molar refractivity (Wildman–Crippen MR) is 82.7 cm³/mol. The number of benzene rings is 1. The van der Waals surface area contributed by atoms with Crippen molar-refractivity contribution in [3.8, 4) is 5.88 Å². The molecule has 0 saturated carbocycles. The van der Waals surface area contributed by atoms with Crippen LogP contribution in [0.1, 0.15) is 15.9 Å². The molecular formula is C15H15BrN2O2. The fourth-order valence-corrected chi connectivity index (χ4v) is 2.25. The normalized spacial score (nSPS) is 10.1. The number of rotatable bonds is 5. The molecule has 0 radical (unpaired) electrons. The van der Waals surface area contributed by atoms with Crippen LogP contribution in [0.15, 0.2) is 42.6 Å². The molecule has 2 aromatic rings. The summed E-state index contributed by atoms with van der Waals surface area (Å²) in [4.78, 5) is 16.2. The van der Waals surface area contributed by atoms with Gasteiger partial charge in [0.2, 0.25) is 5.88 Å². The number of nitrogens with zero attached hydrogens (tertiary/aromatic N) is 1. The molecule has 0 unspecified atom stereocenters. The van der Waals surface area contributed by atoms with Gasteiger partial charge in [-0.15, -0.1) is 0 Å². The average molecular weight is 335 g/mol. The number of hydrogen-bond acceptors (Lipinski definition) is 3. The summed E-state index contributed by atoms with van der Waals surface area (Å²) in [6, 6.07) is 11.2. The number of carbonyl (C=O) groups excluding carboxylic acids is 1. The number of amides is 1. The van der Waals surface area contributed by atoms with Gasteiger partial charge in [0, 0.05) is 17.2 Å². The van der Waals surface area contributed by atoms with E-state index < -0.39 is 0 Å². The minimum absolute atomic E-state index is 0.233. The Morgan fingerprint density at radius 1 is 1.30 bits per heavy atom. The van der Waals surface area contributed by atoms with Crippen LogP contribution in [0.25, 0.3) is 0 Å². The highest BCUT2D eigenvalue weighted by molar-refractivity contribution is 9.09. The molecule has 1 aromatic carbocycles. The lowest BCUT2D eigenvalue weighted by molar-refractivity contribution is 0.102. The smallest absolute Gasteiger partial charge is 0.261 e. The van der Waals surface area contributed by atoms with E-state index in [0.29, 0.717) is 11.4 Å². The van der Waals surface area contributed by atoms with Crippen LogP contribution in [0.4, 0.5) is 5.69 Å². The van der Waals surface area contributed by atoms with Gasteiger partial charge in [-0.3, -0.25) is 4.79 Å². The first-order valence-corrected chi connectivity index (χ1v) is 7.32. The summed E-state index contributed by atoms with van der Waals surface area (Å²) in [5.74, 6) is 0.0871. The molecule has 0 spiro atoms. The molecule has 1 N–H and O–H groups in total. The Bertz CT molecular complexity index is 585. The third-order valence-electron chi connectivity index (χ3n) is 2.80. The number of anilines is 1. The Balaban J connectivity index is 2.11. The summed E-state index contributed by atoms with van der Waals surface area (Å²) in [7, 11) is 1.49. The van der Waals surface area contributed by atoms with Gasteiger partial charge >= 0.3 is 0 Å². The Labute approximate surface area is 126 Å².